The number of nitrogens with zero attached hydrogens (tertiary/aromatic N) is 4. The molecule has 10 nitrogen and oxygen atoms in total. The van der Waals surface area contributed by atoms with Crippen molar-refractivity contribution in [2.24, 2.45) is 5.11 Å². The van der Waals surface area contributed by atoms with E-state index in [0.29, 0.717) is 6.61 Å². The summed E-state index contributed by atoms with van der Waals surface area (Å²) in [7, 11) is 0. The fourth-order valence-electron chi connectivity index (χ4n) is 4.53. The molecule has 2 heterocycles. The maximum absolute atomic E-state index is 12.2. The summed E-state index contributed by atoms with van der Waals surface area (Å²) in [5.74, 6) is 0. The molecular weight excluding hydrogens is 450 g/mol. The molecule has 0 radical (unpaired) electrons. The molecule has 0 unspecified atom stereocenters. The molecule has 0 aliphatic carbocycles. The maximum atomic E-state index is 12.2. The fourth-order valence-corrected chi connectivity index (χ4v) is 4.53. The van der Waals surface area contributed by atoms with Gasteiger partial charge in [0, 0.05) is 23.8 Å². The predicted octanol–water partition coefficient (Wildman–Crippen LogP) is 4.97. The smallest absolute Gasteiger partial charge is 0.330 e. The Morgan fingerprint density at radius 2 is 1.60 bits per heavy atom. The summed E-state index contributed by atoms with van der Waals surface area (Å²) >= 11 is 0. The molecular formula is C25H43N5O5. The monoisotopic (exact) mass is 493 g/mol. The number of H-pyrrole nitrogens is 1. The third-order valence-electron chi connectivity index (χ3n) is 6.57. The first kappa shape index (κ1) is 29.1. The van der Waals surface area contributed by atoms with Gasteiger partial charge in [-0.1, -0.05) is 95.5 Å². The molecule has 1 aliphatic heterocycles. The quantitative estimate of drug-likeness (QED) is 0.121. The van der Waals surface area contributed by atoms with Crippen LogP contribution in [0.5, 0.6) is 0 Å². The molecule has 10 heteroatoms. The third kappa shape index (κ3) is 10.6. The molecule has 4 atom stereocenters. The van der Waals surface area contributed by atoms with Crippen LogP contribution in [0.25, 0.3) is 10.4 Å². The summed E-state index contributed by atoms with van der Waals surface area (Å²) < 4.78 is 12.9. The van der Waals surface area contributed by atoms with Gasteiger partial charge in [-0.2, -0.15) is 0 Å². The van der Waals surface area contributed by atoms with Gasteiger partial charge in [0.1, 0.15) is 12.2 Å². The average Bonchev–Trinajstić information content (AvgIpc) is 3.15. The standard InChI is InChI=1S/C25H43N5O5/c1-2-3-4-5-6-7-8-9-10-11-12-13-14-15-18-34-23-22(32)20(19-27-29-26)35-24(23)30-17-16-21(31)28-25(30)33/h16-17,20,22-24,32H,2-15,18-19H2,1H3,(H,28,31,33)/t20-,22-,23-,24-/m1/s1. The Balaban J connectivity index is 1.65. The van der Waals surface area contributed by atoms with Crippen LogP contribution in [0.1, 0.15) is 103 Å². The molecule has 35 heavy (non-hydrogen) atoms. The molecule has 1 fully saturated rings. The second kappa shape index (κ2) is 17.3. The number of aliphatic hydroxyl groups is 1. The lowest BCUT2D eigenvalue weighted by Crippen LogP contribution is -2.39. The van der Waals surface area contributed by atoms with E-state index in [2.05, 4.69) is 21.9 Å². The van der Waals surface area contributed by atoms with Crippen molar-refractivity contribution in [1.82, 2.24) is 9.55 Å². The second-order valence-corrected chi connectivity index (χ2v) is 9.42. The number of aliphatic hydroxyl groups excluding tert-OH is 1. The molecule has 2 N–H and O–H groups in total. The van der Waals surface area contributed by atoms with E-state index in [1.165, 1.54) is 87.5 Å². The van der Waals surface area contributed by atoms with Crippen LogP contribution in [-0.4, -0.2) is 46.1 Å². The van der Waals surface area contributed by atoms with E-state index < -0.39 is 35.8 Å². The van der Waals surface area contributed by atoms with Crippen LogP contribution in [0.3, 0.4) is 0 Å². The highest BCUT2D eigenvalue weighted by Gasteiger charge is 2.45. The van der Waals surface area contributed by atoms with Crippen molar-refractivity contribution in [1.29, 1.82) is 0 Å². The summed E-state index contributed by atoms with van der Waals surface area (Å²) in [5.41, 5.74) is 7.42. The van der Waals surface area contributed by atoms with Crippen molar-refractivity contribution in [3.05, 3.63) is 43.5 Å². The first-order valence-electron chi connectivity index (χ1n) is 13.4. The topological polar surface area (TPSA) is 142 Å². The molecule has 1 aliphatic rings. The second-order valence-electron chi connectivity index (χ2n) is 9.42. The molecule has 0 saturated carbocycles. The number of hydrogen-bond donors (Lipinski definition) is 2. The number of nitrogens with one attached hydrogen (secondary N) is 1. The van der Waals surface area contributed by atoms with Gasteiger partial charge in [-0.05, 0) is 12.0 Å². The van der Waals surface area contributed by atoms with Crippen LogP contribution in [0, 0.1) is 0 Å². The average molecular weight is 494 g/mol. The lowest BCUT2D eigenvalue weighted by Gasteiger charge is -2.22. The van der Waals surface area contributed by atoms with Crippen LogP contribution in [0.2, 0.25) is 0 Å². The molecule has 0 bridgehead atoms. The fraction of sp³-hybridized carbons (Fsp3) is 0.840. The number of rotatable bonds is 19. The predicted molar refractivity (Wildman–Crippen MR) is 135 cm³/mol. The van der Waals surface area contributed by atoms with E-state index in [-0.39, 0.29) is 6.54 Å². The molecule has 1 aromatic heterocycles. The highest BCUT2D eigenvalue weighted by molar-refractivity contribution is 4.94. The van der Waals surface area contributed by atoms with Gasteiger partial charge in [-0.15, -0.1) is 0 Å². The van der Waals surface area contributed by atoms with Crippen LogP contribution < -0.4 is 11.2 Å². The maximum Gasteiger partial charge on any atom is 0.330 e. The summed E-state index contributed by atoms with van der Waals surface area (Å²) in [4.78, 5) is 28.5. The van der Waals surface area contributed by atoms with Crippen molar-refractivity contribution >= 4 is 0 Å². The SMILES string of the molecule is CCCCCCCCCCCCCCCCO[C@@H]1[C@H](O)[C@@H](CN=[N+]=[N-])O[C@H]1n1ccc(=O)[nH]c1=O. The molecule has 2 rings (SSSR count). The normalized spacial score (nSPS) is 21.8. The highest BCUT2D eigenvalue weighted by Crippen LogP contribution is 2.31. The number of ether oxygens (including phenoxy) is 2. The Morgan fingerprint density at radius 3 is 2.14 bits per heavy atom. The first-order valence-corrected chi connectivity index (χ1v) is 13.4. The van der Waals surface area contributed by atoms with E-state index in [1.54, 1.807) is 0 Å². The van der Waals surface area contributed by atoms with Gasteiger partial charge in [-0.3, -0.25) is 14.3 Å². The zero-order chi connectivity index (χ0) is 25.3. The minimum atomic E-state index is -1.06. The van der Waals surface area contributed by atoms with E-state index >= 15 is 0 Å². The van der Waals surface area contributed by atoms with Crippen molar-refractivity contribution < 1.29 is 14.6 Å². The van der Waals surface area contributed by atoms with Gasteiger partial charge in [0.15, 0.2) is 6.23 Å². The van der Waals surface area contributed by atoms with Crippen LogP contribution in [-0.2, 0) is 9.47 Å². The number of hydrogen-bond acceptors (Lipinski definition) is 6. The van der Waals surface area contributed by atoms with E-state index in [4.69, 9.17) is 15.0 Å². The lowest BCUT2D eigenvalue weighted by molar-refractivity contribution is -0.0707. The van der Waals surface area contributed by atoms with Gasteiger partial charge in [-0.25, -0.2) is 4.79 Å². The lowest BCUT2D eigenvalue weighted by atomic mass is 10.0. The van der Waals surface area contributed by atoms with E-state index in [0.717, 1.165) is 19.3 Å². The molecule has 198 valence electrons. The van der Waals surface area contributed by atoms with Crippen molar-refractivity contribution in [3.63, 3.8) is 0 Å². The summed E-state index contributed by atoms with van der Waals surface area (Å²) in [6.45, 7) is 2.60. The number of aromatic nitrogens is 2. The summed E-state index contributed by atoms with van der Waals surface area (Å²) in [6.07, 6.45) is 15.4. The Morgan fingerprint density at radius 1 is 1.03 bits per heavy atom. The zero-order valence-electron chi connectivity index (χ0n) is 21.1. The summed E-state index contributed by atoms with van der Waals surface area (Å²) in [5, 5.41) is 14.1. The number of unbranched alkanes of at least 4 members (excludes halogenated alkanes) is 13. The first-order chi connectivity index (χ1) is 17.1. The Hall–Kier alpha value is -2.13. The summed E-state index contributed by atoms with van der Waals surface area (Å²) in [6, 6.07) is 1.21. The number of azide groups is 1. The van der Waals surface area contributed by atoms with Crippen LogP contribution >= 0.6 is 0 Å². The Bertz CT molecular complexity index is 866. The van der Waals surface area contributed by atoms with Gasteiger partial charge in [0.05, 0.1) is 12.6 Å². The van der Waals surface area contributed by atoms with Gasteiger partial charge >= 0.3 is 5.69 Å². The molecule has 0 aromatic carbocycles. The van der Waals surface area contributed by atoms with Crippen LogP contribution in [0.4, 0.5) is 0 Å². The zero-order valence-corrected chi connectivity index (χ0v) is 21.1. The van der Waals surface area contributed by atoms with Gasteiger partial charge < -0.3 is 14.6 Å². The number of aromatic amines is 1. The minimum absolute atomic E-state index is 0.0784. The molecule has 0 spiro atoms. The Kier molecular flexibility index (Phi) is 14.4. The van der Waals surface area contributed by atoms with Crippen molar-refractivity contribution in [3.8, 4) is 0 Å². The molecule has 1 aromatic rings. The molecule has 0 amide bonds. The van der Waals surface area contributed by atoms with Gasteiger partial charge in [0.2, 0.25) is 0 Å². The Labute approximate surface area is 207 Å². The minimum Gasteiger partial charge on any atom is -0.388 e. The van der Waals surface area contributed by atoms with E-state index in [1.807, 2.05) is 0 Å². The van der Waals surface area contributed by atoms with Crippen molar-refractivity contribution in [2.75, 3.05) is 13.2 Å². The van der Waals surface area contributed by atoms with Crippen LogP contribution in [0.15, 0.2) is 27.0 Å². The van der Waals surface area contributed by atoms with Crippen molar-refractivity contribution in [2.45, 2.75) is 121 Å². The third-order valence-corrected chi connectivity index (χ3v) is 6.57. The van der Waals surface area contributed by atoms with Gasteiger partial charge in [0.25, 0.3) is 5.56 Å². The highest BCUT2D eigenvalue weighted by atomic mass is 16.6. The van der Waals surface area contributed by atoms with E-state index in [9.17, 15) is 14.7 Å². The molecule has 1 saturated heterocycles. The largest absolute Gasteiger partial charge is 0.388 e.